The molecule has 2 rings (SSSR count). The van der Waals surface area contributed by atoms with Crippen molar-refractivity contribution in [2.24, 2.45) is 4.99 Å². The summed E-state index contributed by atoms with van der Waals surface area (Å²) in [5, 5.41) is 6.39. The van der Waals surface area contributed by atoms with Crippen LogP contribution in [0.3, 0.4) is 0 Å². The number of nitrogens with zero attached hydrogens (tertiary/aromatic N) is 1. The number of sulfone groups is 1. The Morgan fingerprint density at radius 1 is 0.923 bits per heavy atom. The molecule has 0 atom stereocenters. The van der Waals surface area contributed by atoms with Gasteiger partial charge in [-0.1, -0.05) is 48.5 Å². The Hall–Kier alpha value is -1.61. The molecule has 0 spiro atoms. The van der Waals surface area contributed by atoms with Crippen LogP contribution in [0.25, 0.3) is 0 Å². The molecule has 7 heteroatoms. The molecule has 0 bridgehead atoms. The summed E-state index contributed by atoms with van der Waals surface area (Å²) in [5.41, 5.74) is 1.26. The number of rotatable bonds is 8. The molecule has 0 saturated heterocycles. The number of guanidine groups is 1. The van der Waals surface area contributed by atoms with Gasteiger partial charge in [-0.3, -0.25) is 4.99 Å². The van der Waals surface area contributed by atoms with Gasteiger partial charge in [0.25, 0.3) is 0 Å². The van der Waals surface area contributed by atoms with Crippen molar-refractivity contribution in [1.82, 2.24) is 10.6 Å². The minimum Gasteiger partial charge on any atom is -0.356 e. The fourth-order valence-electron chi connectivity index (χ4n) is 2.41. The summed E-state index contributed by atoms with van der Waals surface area (Å²) in [6, 6.07) is 18.8. The molecule has 0 aliphatic carbocycles. The van der Waals surface area contributed by atoms with E-state index in [-0.39, 0.29) is 29.7 Å². The molecule has 0 saturated carbocycles. The van der Waals surface area contributed by atoms with Gasteiger partial charge in [-0.25, -0.2) is 8.42 Å². The van der Waals surface area contributed by atoms with Crippen molar-refractivity contribution in [2.45, 2.75) is 17.7 Å². The molecule has 0 aliphatic rings. The quantitative estimate of drug-likeness (QED) is 0.260. The summed E-state index contributed by atoms with van der Waals surface area (Å²) < 4.78 is 24.4. The number of hydrogen-bond acceptors (Lipinski definition) is 3. The normalized spacial score (nSPS) is 11.5. The van der Waals surface area contributed by atoms with Gasteiger partial charge in [0.1, 0.15) is 0 Å². The Bertz CT molecular complexity index is 766. The molecule has 2 aromatic rings. The number of aliphatic imine (C=N–C) groups is 1. The molecule has 0 aliphatic heterocycles. The standard InChI is InChI=1S/C19H25N3O2S.HI/c1-20-19(22-15-13-17-9-4-2-5-10-17)21-14-8-16-25(23,24)18-11-6-3-7-12-18;/h2-7,9-12H,8,13-16H2,1H3,(H2,20,21,22);1H. The fraction of sp³-hybridized carbons (Fsp3) is 0.316. The Morgan fingerprint density at radius 3 is 2.12 bits per heavy atom. The van der Waals surface area contributed by atoms with E-state index in [9.17, 15) is 8.42 Å². The van der Waals surface area contributed by atoms with Gasteiger partial charge >= 0.3 is 0 Å². The van der Waals surface area contributed by atoms with Crippen LogP contribution in [-0.2, 0) is 16.3 Å². The molecule has 2 aromatic carbocycles. The summed E-state index contributed by atoms with van der Waals surface area (Å²) in [6.45, 7) is 1.32. The number of halogens is 1. The lowest BCUT2D eigenvalue weighted by Gasteiger charge is -2.12. The molecule has 0 unspecified atom stereocenters. The van der Waals surface area contributed by atoms with Crippen LogP contribution in [0.15, 0.2) is 70.6 Å². The van der Waals surface area contributed by atoms with E-state index < -0.39 is 9.84 Å². The molecule has 0 heterocycles. The highest BCUT2D eigenvalue weighted by atomic mass is 127. The van der Waals surface area contributed by atoms with Crippen LogP contribution in [0.2, 0.25) is 0 Å². The summed E-state index contributed by atoms with van der Waals surface area (Å²) in [6.07, 6.45) is 1.43. The van der Waals surface area contributed by atoms with Gasteiger partial charge in [-0.2, -0.15) is 0 Å². The smallest absolute Gasteiger partial charge is 0.190 e. The van der Waals surface area contributed by atoms with Crippen LogP contribution in [-0.4, -0.2) is 40.3 Å². The van der Waals surface area contributed by atoms with Crippen LogP contribution in [0, 0.1) is 0 Å². The van der Waals surface area contributed by atoms with Gasteiger partial charge in [0.05, 0.1) is 10.6 Å². The molecular weight excluding hydrogens is 461 g/mol. The average Bonchev–Trinajstić information content (AvgIpc) is 2.65. The van der Waals surface area contributed by atoms with Gasteiger partial charge in [0.15, 0.2) is 15.8 Å². The highest BCUT2D eigenvalue weighted by Crippen LogP contribution is 2.10. The van der Waals surface area contributed by atoms with Crippen LogP contribution >= 0.6 is 24.0 Å². The predicted octanol–water partition coefficient (Wildman–Crippen LogP) is 2.88. The summed E-state index contributed by atoms with van der Waals surface area (Å²) in [5.74, 6) is 0.804. The Morgan fingerprint density at radius 2 is 1.50 bits per heavy atom. The maximum Gasteiger partial charge on any atom is 0.190 e. The average molecular weight is 487 g/mol. The van der Waals surface area contributed by atoms with Gasteiger partial charge in [0.2, 0.25) is 0 Å². The SMILES string of the molecule is CN=C(NCCCS(=O)(=O)c1ccccc1)NCCc1ccccc1.I. The lowest BCUT2D eigenvalue weighted by Crippen LogP contribution is -2.39. The number of hydrogen-bond donors (Lipinski definition) is 2. The minimum atomic E-state index is -3.22. The highest BCUT2D eigenvalue weighted by molar-refractivity contribution is 14.0. The van der Waals surface area contributed by atoms with Gasteiger partial charge in [-0.15, -0.1) is 24.0 Å². The molecule has 142 valence electrons. The molecule has 2 N–H and O–H groups in total. The van der Waals surface area contributed by atoms with E-state index in [2.05, 4.69) is 27.8 Å². The van der Waals surface area contributed by atoms with E-state index >= 15 is 0 Å². The first-order chi connectivity index (χ1) is 12.1. The van der Waals surface area contributed by atoms with Gasteiger partial charge < -0.3 is 10.6 Å². The van der Waals surface area contributed by atoms with Crippen molar-refractivity contribution in [3.8, 4) is 0 Å². The number of nitrogens with one attached hydrogen (secondary N) is 2. The molecular formula is C19H26IN3O2S. The third-order valence-corrected chi connectivity index (χ3v) is 5.57. The van der Waals surface area contributed by atoms with Gasteiger partial charge in [0, 0.05) is 20.1 Å². The van der Waals surface area contributed by atoms with Crippen molar-refractivity contribution in [1.29, 1.82) is 0 Å². The van der Waals surface area contributed by atoms with E-state index in [1.54, 1.807) is 31.3 Å². The molecule has 0 fully saturated rings. The minimum absolute atomic E-state index is 0. The molecule has 5 nitrogen and oxygen atoms in total. The van der Waals surface area contributed by atoms with E-state index in [0.29, 0.717) is 23.8 Å². The van der Waals surface area contributed by atoms with Crippen molar-refractivity contribution < 1.29 is 8.42 Å². The molecule has 0 aromatic heterocycles. The maximum absolute atomic E-state index is 12.2. The third kappa shape index (κ3) is 7.74. The van der Waals surface area contributed by atoms with Crippen LogP contribution < -0.4 is 10.6 Å². The van der Waals surface area contributed by atoms with Gasteiger partial charge in [-0.05, 0) is 30.5 Å². The second kappa shape index (κ2) is 11.9. The first-order valence-electron chi connectivity index (χ1n) is 8.38. The Balaban J connectivity index is 0.00000338. The largest absolute Gasteiger partial charge is 0.356 e. The van der Waals surface area contributed by atoms with E-state index in [1.165, 1.54) is 5.56 Å². The Labute approximate surface area is 173 Å². The van der Waals surface area contributed by atoms with Crippen molar-refractivity contribution in [3.63, 3.8) is 0 Å². The zero-order chi connectivity index (χ0) is 18.0. The third-order valence-electron chi connectivity index (χ3n) is 3.76. The summed E-state index contributed by atoms with van der Waals surface area (Å²) in [7, 11) is -1.51. The second-order valence-electron chi connectivity index (χ2n) is 5.65. The molecule has 0 amide bonds. The fourth-order valence-corrected chi connectivity index (χ4v) is 3.74. The van der Waals surface area contributed by atoms with Crippen LogP contribution in [0.4, 0.5) is 0 Å². The summed E-state index contributed by atoms with van der Waals surface area (Å²) >= 11 is 0. The molecule has 26 heavy (non-hydrogen) atoms. The zero-order valence-electron chi connectivity index (χ0n) is 14.9. The Kier molecular flexibility index (Phi) is 10.3. The topological polar surface area (TPSA) is 70.6 Å². The molecule has 0 radical (unpaired) electrons. The van der Waals surface area contributed by atoms with E-state index in [0.717, 1.165) is 13.0 Å². The van der Waals surface area contributed by atoms with Crippen molar-refractivity contribution in [2.75, 3.05) is 25.9 Å². The monoisotopic (exact) mass is 487 g/mol. The number of benzene rings is 2. The maximum atomic E-state index is 12.2. The van der Waals surface area contributed by atoms with E-state index in [4.69, 9.17) is 0 Å². The van der Waals surface area contributed by atoms with Crippen LogP contribution in [0.5, 0.6) is 0 Å². The zero-order valence-corrected chi connectivity index (χ0v) is 18.0. The summed E-state index contributed by atoms with van der Waals surface area (Å²) in [4.78, 5) is 4.53. The first-order valence-corrected chi connectivity index (χ1v) is 10.0. The van der Waals surface area contributed by atoms with E-state index in [1.807, 2.05) is 24.3 Å². The van der Waals surface area contributed by atoms with Crippen molar-refractivity contribution >= 4 is 39.8 Å². The van der Waals surface area contributed by atoms with Crippen LogP contribution in [0.1, 0.15) is 12.0 Å². The predicted molar refractivity (Wildman–Crippen MR) is 118 cm³/mol. The lowest BCUT2D eigenvalue weighted by molar-refractivity contribution is 0.592. The first kappa shape index (κ1) is 22.4. The second-order valence-corrected chi connectivity index (χ2v) is 7.76. The van der Waals surface area contributed by atoms with Crippen molar-refractivity contribution in [3.05, 3.63) is 66.2 Å². The highest BCUT2D eigenvalue weighted by Gasteiger charge is 2.13. The lowest BCUT2D eigenvalue weighted by atomic mass is 10.1.